The standard InChI is InChI=1S/3C17H24N2O2S.C13H13NO.C3H10N2OS.CH4/c3*1-19(2)22(3,21)18-17(20)11-16-14-8-4-6-12(14)10-13-7-5-9-15(13)16;15-8-14-13-11-5-1-3-9(11)7-10-4-2-6-12(10)13;1-5(2)7(3,4)6;/h3*10H,4-9,11H2,1-3H3;7H,1-6H2;4H,1-3H3;1H4. The summed E-state index contributed by atoms with van der Waals surface area (Å²) >= 11 is 0. The number of hydrogen-bond donors (Lipinski definition) is 1. The molecule has 488 valence electrons. The Morgan fingerprint density at radius 1 is 0.382 bits per heavy atom. The second-order valence-corrected chi connectivity index (χ2v) is 35.4. The molecular weight excluding hydrogens is 1200 g/mol. The Hall–Kier alpha value is -5.09. The fourth-order valence-corrected chi connectivity index (χ4v) is 15.6. The number of rotatable bonds is 11. The number of isocyanates is 1. The molecule has 4 unspecified atom stereocenters. The van der Waals surface area contributed by atoms with Crippen LogP contribution >= 0.6 is 0 Å². The Morgan fingerprint density at radius 3 is 0.753 bits per heavy atom. The van der Waals surface area contributed by atoms with Gasteiger partial charge in [-0.05, 0) is 260 Å². The van der Waals surface area contributed by atoms with Gasteiger partial charge in [0.15, 0.2) is 0 Å². The summed E-state index contributed by atoms with van der Waals surface area (Å²) in [6.07, 6.45) is 35.8. The summed E-state index contributed by atoms with van der Waals surface area (Å²) in [5.74, 6) is -0.762. The number of aliphatic imine (C=N–C) groups is 1. The van der Waals surface area contributed by atoms with Crippen LogP contribution in [0.25, 0.3) is 0 Å². The Labute approximate surface area is 534 Å². The van der Waals surface area contributed by atoms with Gasteiger partial charge in [0.2, 0.25) is 6.08 Å². The normalized spacial score (nSPS) is 18.4. The molecule has 4 aromatic rings. The van der Waals surface area contributed by atoms with E-state index < -0.39 is 39.7 Å². The van der Waals surface area contributed by atoms with Crippen molar-refractivity contribution in [2.75, 3.05) is 81.4 Å². The molecule has 21 heteroatoms. The molecule has 3 amide bonds. The van der Waals surface area contributed by atoms with Crippen LogP contribution in [0.1, 0.15) is 164 Å². The summed E-state index contributed by atoms with van der Waals surface area (Å²) in [5, 5.41) is 0. The highest BCUT2D eigenvalue weighted by Crippen LogP contribution is 2.41. The smallest absolute Gasteiger partial charge is 0.259 e. The fourth-order valence-electron chi connectivity index (χ4n) is 13.8. The number of hydrogen-bond acceptors (Lipinski definition) is 10. The molecule has 0 radical (unpaired) electrons. The van der Waals surface area contributed by atoms with Gasteiger partial charge in [-0.2, -0.15) is 4.99 Å². The van der Waals surface area contributed by atoms with Gasteiger partial charge in [0.25, 0.3) is 17.7 Å². The minimum Gasteiger partial charge on any atom is -0.272 e. The topological polar surface area (TPSA) is 223 Å². The van der Waals surface area contributed by atoms with Crippen LogP contribution in [0.3, 0.4) is 0 Å². The summed E-state index contributed by atoms with van der Waals surface area (Å²) in [6.45, 7) is 0. The first-order chi connectivity index (χ1) is 41.5. The fraction of sp³-hybridized carbons (Fsp3) is 0.588. The molecule has 12 rings (SSSR count). The highest BCUT2D eigenvalue weighted by atomic mass is 32.2. The molecule has 0 aliphatic heterocycles. The number of fused-ring (bicyclic) bond motifs is 8. The summed E-state index contributed by atoms with van der Waals surface area (Å²) in [4.78, 5) is 51.5. The zero-order chi connectivity index (χ0) is 64.0. The molecule has 89 heavy (non-hydrogen) atoms. The molecule has 0 aromatic heterocycles. The Morgan fingerprint density at radius 2 is 0.573 bits per heavy atom. The average Bonchev–Trinajstić information content (AvgIpc) is 2.24. The lowest BCUT2D eigenvalue weighted by Gasteiger charge is -2.15. The van der Waals surface area contributed by atoms with E-state index in [-0.39, 0.29) is 25.1 Å². The van der Waals surface area contributed by atoms with Gasteiger partial charge >= 0.3 is 0 Å². The Kier molecular flexibility index (Phi) is 24.1. The maximum absolute atomic E-state index is 12.4. The predicted octanol–water partition coefficient (Wildman–Crippen LogP) is 10.3. The van der Waals surface area contributed by atoms with Crippen LogP contribution < -0.4 is 0 Å². The van der Waals surface area contributed by atoms with E-state index in [1.165, 1.54) is 199 Å². The maximum Gasteiger partial charge on any atom is 0.259 e. The van der Waals surface area contributed by atoms with Crippen LogP contribution in [0.5, 0.6) is 0 Å². The number of aryl methyl sites for hydroxylation is 8. The number of carbonyl (C=O) groups is 3. The summed E-state index contributed by atoms with van der Waals surface area (Å²) in [6, 6.07) is 9.42. The number of benzene rings is 4. The third-order valence-corrected chi connectivity index (χ3v) is 26.0. The monoisotopic (exact) mass is 1300 g/mol. The number of carbonyl (C=O) groups excluding carboxylic acids is 4. The van der Waals surface area contributed by atoms with Crippen molar-refractivity contribution in [3.8, 4) is 0 Å². The van der Waals surface area contributed by atoms with Crippen LogP contribution in [-0.4, -0.2) is 139 Å². The van der Waals surface area contributed by atoms with Crippen molar-refractivity contribution in [2.24, 2.45) is 18.1 Å². The van der Waals surface area contributed by atoms with Crippen LogP contribution in [0.2, 0.25) is 0 Å². The summed E-state index contributed by atoms with van der Waals surface area (Å²) < 4.78 is 72.0. The number of nitrogens with one attached hydrogen (secondary N) is 1. The van der Waals surface area contributed by atoms with Crippen LogP contribution in [0.4, 0.5) is 5.69 Å². The van der Waals surface area contributed by atoms with Crippen molar-refractivity contribution in [1.29, 1.82) is 4.78 Å². The minimum atomic E-state index is -2.59. The molecule has 17 nitrogen and oxygen atoms in total. The highest BCUT2D eigenvalue weighted by Gasteiger charge is 2.30. The molecule has 0 fully saturated rings. The van der Waals surface area contributed by atoms with E-state index in [1.807, 2.05) is 0 Å². The molecule has 8 aliphatic carbocycles. The van der Waals surface area contributed by atoms with E-state index in [9.17, 15) is 36.0 Å². The lowest BCUT2D eigenvalue weighted by Crippen LogP contribution is -2.22. The number of amides is 3. The summed E-state index contributed by atoms with van der Waals surface area (Å²) in [5.41, 5.74) is 26.8. The SMILES string of the molecule is C.CN(C)S(C)(=N)=O.CN(C)S(C)(=O)=NC(=O)Cc1c2c(cc3c1CCC3)CCC2.CN(C)S(C)(=O)=NC(=O)Cc1c2c(cc3c1CCC3)CCC2.CN(C)S(C)(=O)=NC(=O)Cc1c2c(cc3c1CCC3)CCC2.O=C=Nc1c2c(cc3c1CCC3)CCC2. The summed E-state index contributed by atoms with van der Waals surface area (Å²) in [7, 11) is 3.22. The van der Waals surface area contributed by atoms with Gasteiger partial charge in [-0.3, -0.25) is 14.4 Å². The van der Waals surface area contributed by atoms with Gasteiger partial charge in [-0.25, -0.2) is 43.6 Å². The third kappa shape index (κ3) is 17.3. The van der Waals surface area contributed by atoms with E-state index in [0.717, 1.165) is 108 Å². The van der Waals surface area contributed by atoms with Crippen LogP contribution in [-0.2, 0) is 181 Å². The molecule has 0 bridgehead atoms. The third-order valence-electron chi connectivity index (χ3n) is 18.9. The van der Waals surface area contributed by atoms with Crippen molar-refractivity contribution < 1.29 is 36.0 Å². The van der Waals surface area contributed by atoms with Crippen molar-refractivity contribution in [2.45, 2.75) is 181 Å². The van der Waals surface area contributed by atoms with E-state index >= 15 is 0 Å². The van der Waals surface area contributed by atoms with E-state index in [0.29, 0.717) is 19.3 Å². The van der Waals surface area contributed by atoms with Gasteiger partial charge in [0.1, 0.15) is 39.7 Å². The van der Waals surface area contributed by atoms with Crippen molar-refractivity contribution >= 4 is 69.1 Å². The first kappa shape index (κ1) is 71.4. The highest BCUT2D eigenvalue weighted by molar-refractivity contribution is 7.91. The number of nitrogens with zero attached hydrogens (tertiary/aromatic N) is 8. The van der Waals surface area contributed by atoms with E-state index in [2.05, 4.69) is 42.3 Å². The maximum atomic E-state index is 12.4. The second-order valence-electron chi connectivity index (χ2n) is 25.7. The van der Waals surface area contributed by atoms with Crippen molar-refractivity contribution in [3.05, 3.63) is 130 Å². The first-order valence-electron chi connectivity index (χ1n) is 31.4. The molecule has 4 aromatic carbocycles. The molecule has 0 saturated carbocycles. The van der Waals surface area contributed by atoms with Crippen molar-refractivity contribution in [3.63, 3.8) is 0 Å². The lowest BCUT2D eigenvalue weighted by atomic mass is 9.92. The molecule has 0 saturated heterocycles. The van der Waals surface area contributed by atoms with E-state index in [1.54, 1.807) is 62.5 Å². The van der Waals surface area contributed by atoms with Gasteiger partial charge in [0, 0.05) is 81.4 Å². The zero-order valence-electron chi connectivity index (χ0n) is 54.4. The van der Waals surface area contributed by atoms with Crippen molar-refractivity contribution in [1.82, 2.24) is 17.2 Å². The van der Waals surface area contributed by atoms with Gasteiger partial charge < -0.3 is 0 Å². The van der Waals surface area contributed by atoms with Gasteiger partial charge in [-0.15, -0.1) is 13.1 Å². The lowest BCUT2D eigenvalue weighted by molar-refractivity contribution is -0.117. The van der Waals surface area contributed by atoms with Gasteiger partial charge in [-0.1, -0.05) is 31.7 Å². The quantitative estimate of drug-likeness (QED) is 0.112. The average molecular weight is 1300 g/mol. The molecule has 1 N–H and O–H groups in total. The van der Waals surface area contributed by atoms with Gasteiger partial charge in [0.05, 0.1) is 24.9 Å². The predicted molar refractivity (Wildman–Crippen MR) is 364 cm³/mol. The molecule has 4 atom stereocenters. The molecule has 0 spiro atoms. The Balaban J connectivity index is 0.000000164. The minimum absolute atomic E-state index is 0. The van der Waals surface area contributed by atoms with Crippen LogP contribution in [0.15, 0.2) is 42.3 Å². The van der Waals surface area contributed by atoms with Crippen LogP contribution in [0, 0.1) is 4.78 Å². The Bertz CT molecular complexity index is 3530. The molecule has 0 heterocycles. The largest absolute Gasteiger partial charge is 0.272 e. The van der Waals surface area contributed by atoms with E-state index in [4.69, 9.17) is 4.78 Å². The zero-order valence-corrected chi connectivity index (χ0v) is 57.6. The molecule has 8 aliphatic rings. The second kappa shape index (κ2) is 30.1. The first-order valence-corrected chi connectivity index (χ1v) is 38.9. The molecular formula is C68H99N9O8S4.